The van der Waals surface area contributed by atoms with Gasteiger partial charge < -0.3 is 9.47 Å². The molecule has 3 nitrogen and oxygen atoms in total. The highest BCUT2D eigenvalue weighted by Crippen LogP contribution is 2.30. The molecule has 0 amide bonds. The van der Waals surface area contributed by atoms with Crippen molar-refractivity contribution >= 4 is 5.97 Å². The second-order valence-electron chi connectivity index (χ2n) is 5.47. The van der Waals surface area contributed by atoms with Crippen LogP contribution < -0.4 is 9.47 Å². The summed E-state index contributed by atoms with van der Waals surface area (Å²) in [6.07, 6.45) is 0. The van der Waals surface area contributed by atoms with Gasteiger partial charge in [0.25, 0.3) is 0 Å². The smallest absolute Gasteiger partial charge is 0.338 e. The average Bonchev–Trinajstić information content (AvgIpc) is 2.44. The van der Waals surface area contributed by atoms with Crippen LogP contribution in [0.5, 0.6) is 17.2 Å². The van der Waals surface area contributed by atoms with Crippen LogP contribution in [0.1, 0.15) is 23.6 Å². The number of carbonyl (C=O) groups excluding carboxylic acids is 1. The van der Waals surface area contributed by atoms with Gasteiger partial charge in [-0.3, -0.25) is 0 Å². The Morgan fingerprint density at radius 1 is 0.955 bits per heavy atom. The number of carbonyl (C=O) groups is 1. The van der Waals surface area contributed by atoms with Gasteiger partial charge in [-0.1, -0.05) is 24.3 Å². The van der Waals surface area contributed by atoms with E-state index in [1.54, 1.807) is 31.2 Å². The summed E-state index contributed by atoms with van der Waals surface area (Å²) >= 11 is 0. The summed E-state index contributed by atoms with van der Waals surface area (Å²) in [5, 5.41) is 0. The predicted molar refractivity (Wildman–Crippen MR) is 87.6 cm³/mol. The van der Waals surface area contributed by atoms with Crippen LogP contribution in [-0.4, -0.2) is 5.97 Å². The zero-order chi connectivity index (χ0) is 16.3. The largest absolute Gasteiger partial charge is 0.457 e. The molecule has 2 aromatic rings. The second-order valence-corrected chi connectivity index (χ2v) is 5.47. The van der Waals surface area contributed by atoms with E-state index >= 15 is 0 Å². The Bertz CT molecular complexity index is 689. The lowest BCUT2D eigenvalue weighted by Gasteiger charge is -2.13. The molecule has 0 aliphatic rings. The molecular weight excluding hydrogens is 276 g/mol. The van der Waals surface area contributed by atoms with Crippen molar-refractivity contribution in [2.45, 2.75) is 27.7 Å². The maximum absolute atomic E-state index is 11.5. The van der Waals surface area contributed by atoms with E-state index in [1.807, 2.05) is 13.8 Å². The van der Waals surface area contributed by atoms with Crippen LogP contribution in [0.15, 0.2) is 48.6 Å². The van der Waals surface area contributed by atoms with Gasteiger partial charge in [-0.25, -0.2) is 4.79 Å². The molecule has 2 aromatic carbocycles. The summed E-state index contributed by atoms with van der Waals surface area (Å²) < 4.78 is 11.1. The number of benzene rings is 2. The Balaban J connectivity index is 2.15. The minimum absolute atomic E-state index is 0.367. The number of hydrogen-bond acceptors (Lipinski definition) is 3. The van der Waals surface area contributed by atoms with Gasteiger partial charge in [0, 0.05) is 5.57 Å². The standard InChI is InChI=1S/C19H20O3/c1-12(2)19(20)22-17-8-6-16(7-9-17)21-18-14(4)10-13(3)11-15(18)5/h6-11H,1H2,2-5H3. The van der Waals surface area contributed by atoms with Crippen molar-refractivity contribution in [3.05, 3.63) is 65.2 Å². The van der Waals surface area contributed by atoms with Crippen molar-refractivity contribution in [1.82, 2.24) is 0 Å². The lowest BCUT2D eigenvalue weighted by atomic mass is 10.1. The van der Waals surface area contributed by atoms with E-state index in [-0.39, 0.29) is 0 Å². The van der Waals surface area contributed by atoms with Gasteiger partial charge in [0.15, 0.2) is 0 Å². The first kappa shape index (κ1) is 15.8. The zero-order valence-corrected chi connectivity index (χ0v) is 13.4. The van der Waals surface area contributed by atoms with E-state index in [4.69, 9.17) is 9.47 Å². The summed E-state index contributed by atoms with van der Waals surface area (Å²) in [6.45, 7) is 11.3. The second kappa shape index (κ2) is 6.48. The van der Waals surface area contributed by atoms with E-state index < -0.39 is 5.97 Å². The number of aryl methyl sites for hydroxylation is 3. The van der Waals surface area contributed by atoms with Crippen LogP contribution in [0.2, 0.25) is 0 Å². The molecular formula is C19H20O3. The van der Waals surface area contributed by atoms with Gasteiger partial charge in [0.2, 0.25) is 0 Å². The number of ether oxygens (including phenoxy) is 2. The van der Waals surface area contributed by atoms with Gasteiger partial charge in [-0.2, -0.15) is 0 Å². The zero-order valence-electron chi connectivity index (χ0n) is 13.4. The van der Waals surface area contributed by atoms with Crippen LogP contribution in [0.25, 0.3) is 0 Å². The summed E-state index contributed by atoms with van der Waals surface area (Å²) in [4.78, 5) is 11.5. The number of rotatable bonds is 4. The van der Waals surface area contributed by atoms with Gasteiger partial charge >= 0.3 is 5.97 Å². The summed E-state index contributed by atoms with van der Waals surface area (Å²) in [7, 11) is 0. The molecule has 0 aliphatic carbocycles. The van der Waals surface area contributed by atoms with E-state index in [1.165, 1.54) is 5.56 Å². The van der Waals surface area contributed by atoms with Crippen molar-refractivity contribution in [2.24, 2.45) is 0 Å². The molecule has 0 atom stereocenters. The molecule has 0 radical (unpaired) electrons. The fraction of sp³-hybridized carbons (Fsp3) is 0.211. The Morgan fingerprint density at radius 2 is 1.45 bits per heavy atom. The molecule has 0 bridgehead atoms. The SMILES string of the molecule is C=C(C)C(=O)Oc1ccc(Oc2c(C)cc(C)cc2C)cc1. The van der Waals surface area contributed by atoms with Gasteiger partial charge in [-0.15, -0.1) is 0 Å². The molecule has 114 valence electrons. The fourth-order valence-electron chi connectivity index (χ4n) is 2.22. The molecule has 0 aromatic heterocycles. The minimum atomic E-state index is -0.432. The summed E-state index contributed by atoms with van der Waals surface area (Å²) in [6, 6.07) is 11.1. The number of hydrogen-bond donors (Lipinski definition) is 0. The third-order valence-corrected chi connectivity index (χ3v) is 3.21. The molecule has 3 heteroatoms. The monoisotopic (exact) mass is 296 g/mol. The average molecular weight is 296 g/mol. The Kier molecular flexibility index (Phi) is 4.66. The Labute approximate surface area is 131 Å². The molecule has 0 unspecified atom stereocenters. The number of esters is 1. The summed E-state index contributed by atoms with van der Waals surface area (Å²) in [5.74, 6) is 1.60. The van der Waals surface area contributed by atoms with Crippen LogP contribution in [0.3, 0.4) is 0 Å². The first-order valence-corrected chi connectivity index (χ1v) is 7.10. The highest BCUT2D eigenvalue weighted by Gasteiger charge is 2.08. The normalized spacial score (nSPS) is 10.2. The molecule has 22 heavy (non-hydrogen) atoms. The maximum Gasteiger partial charge on any atom is 0.338 e. The fourth-order valence-corrected chi connectivity index (χ4v) is 2.22. The van der Waals surface area contributed by atoms with Crippen LogP contribution >= 0.6 is 0 Å². The molecule has 0 spiro atoms. The molecule has 0 fully saturated rings. The molecule has 0 saturated heterocycles. The minimum Gasteiger partial charge on any atom is -0.457 e. The molecule has 2 rings (SSSR count). The van der Waals surface area contributed by atoms with E-state index in [0.29, 0.717) is 17.1 Å². The third kappa shape index (κ3) is 3.76. The van der Waals surface area contributed by atoms with Gasteiger partial charge in [0.1, 0.15) is 17.2 Å². The first-order valence-electron chi connectivity index (χ1n) is 7.10. The third-order valence-electron chi connectivity index (χ3n) is 3.21. The molecule has 0 saturated carbocycles. The van der Waals surface area contributed by atoms with Crippen LogP contribution in [0.4, 0.5) is 0 Å². The molecule has 0 heterocycles. The Hall–Kier alpha value is -2.55. The van der Waals surface area contributed by atoms with Crippen LogP contribution in [0, 0.1) is 20.8 Å². The van der Waals surface area contributed by atoms with Gasteiger partial charge in [0.05, 0.1) is 0 Å². The lowest BCUT2D eigenvalue weighted by Crippen LogP contribution is -2.07. The van der Waals surface area contributed by atoms with Crippen molar-refractivity contribution in [3.63, 3.8) is 0 Å². The van der Waals surface area contributed by atoms with Crippen molar-refractivity contribution in [2.75, 3.05) is 0 Å². The topological polar surface area (TPSA) is 35.5 Å². The van der Waals surface area contributed by atoms with E-state index in [9.17, 15) is 4.79 Å². The van der Waals surface area contributed by atoms with Gasteiger partial charge in [-0.05, 0) is 63.1 Å². The van der Waals surface area contributed by atoms with E-state index in [2.05, 4.69) is 25.6 Å². The highest BCUT2D eigenvalue weighted by atomic mass is 16.5. The predicted octanol–water partition coefficient (Wildman–Crippen LogP) is 4.89. The quantitative estimate of drug-likeness (QED) is 0.458. The maximum atomic E-state index is 11.5. The van der Waals surface area contributed by atoms with Crippen molar-refractivity contribution in [3.8, 4) is 17.2 Å². The van der Waals surface area contributed by atoms with E-state index in [0.717, 1.165) is 16.9 Å². The Morgan fingerprint density at radius 3 is 1.95 bits per heavy atom. The summed E-state index contributed by atoms with van der Waals surface area (Å²) in [5.41, 5.74) is 3.77. The van der Waals surface area contributed by atoms with Crippen LogP contribution in [-0.2, 0) is 4.79 Å². The lowest BCUT2D eigenvalue weighted by molar-refractivity contribution is -0.130. The molecule has 0 N–H and O–H groups in total. The highest BCUT2D eigenvalue weighted by molar-refractivity contribution is 5.88. The molecule has 0 aliphatic heterocycles. The van der Waals surface area contributed by atoms with Crippen molar-refractivity contribution in [1.29, 1.82) is 0 Å². The van der Waals surface area contributed by atoms with Crippen molar-refractivity contribution < 1.29 is 14.3 Å². The first-order chi connectivity index (χ1) is 10.4.